The molecular weight excluding hydrogens is 541 g/mol. The molecule has 0 bridgehead atoms. The van der Waals surface area contributed by atoms with Crippen molar-refractivity contribution in [3.05, 3.63) is 70.5 Å². The highest BCUT2D eigenvalue weighted by Gasteiger charge is 2.50. The molecule has 2 unspecified atom stereocenters. The third kappa shape index (κ3) is 6.00. The van der Waals surface area contributed by atoms with E-state index in [-0.39, 0.29) is 36.0 Å². The van der Waals surface area contributed by atoms with Crippen molar-refractivity contribution in [2.45, 2.75) is 69.1 Å². The number of nitrogens with zero attached hydrogens (tertiary/aromatic N) is 1. The molecule has 0 spiro atoms. The lowest BCUT2D eigenvalue weighted by Gasteiger charge is -2.41. The highest BCUT2D eigenvalue weighted by atomic mass is 19.4. The first-order valence-electron chi connectivity index (χ1n) is 13.5. The van der Waals surface area contributed by atoms with Gasteiger partial charge in [0.05, 0.1) is 23.3 Å². The van der Waals surface area contributed by atoms with E-state index in [1.807, 2.05) is 0 Å². The monoisotopic (exact) mass is 572 g/mol. The summed E-state index contributed by atoms with van der Waals surface area (Å²) in [6.07, 6.45) is -8.78. The SMILES string of the molecule is C[C@@H](O[C@H]1CN2C(=O)CC(C3CCNCC3)C[C@H]2C1c1ccc(F)cc1)c1cc(C(F)(F)F)cc(C(F)(F)F)c1. The van der Waals surface area contributed by atoms with Crippen molar-refractivity contribution in [1.82, 2.24) is 10.2 Å². The summed E-state index contributed by atoms with van der Waals surface area (Å²) in [6.45, 7) is 3.32. The van der Waals surface area contributed by atoms with E-state index in [0.717, 1.165) is 25.9 Å². The fourth-order valence-electron chi connectivity index (χ4n) is 6.66. The van der Waals surface area contributed by atoms with Crippen LogP contribution in [0.15, 0.2) is 42.5 Å². The lowest BCUT2D eigenvalue weighted by Crippen LogP contribution is -2.46. The molecule has 0 saturated carbocycles. The zero-order valence-electron chi connectivity index (χ0n) is 21.9. The zero-order valence-corrected chi connectivity index (χ0v) is 21.9. The number of nitrogens with one attached hydrogen (secondary N) is 1. The molecule has 2 aromatic rings. The predicted molar refractivity (Wildman–Crippen MR) is 133 cm³/mol. The number of hydrogen-bond acceptors (Lipinski definition) is 3. The number of halogens is 7. The highest BCUT2D eigenvalue weighted by Crippen LogP contribution is 2.46. The lowest BCUT2D eigenvalue weighted by atomic mass is 9.74. The Bertz CT molecular complexity index is 1180. The first-order valence-corrected chi connectivity index (χ1v) is 13.5. The van der Waals surface area contributed by atoms with Gasteiger partial charge in [-0.1, -0.05) is 12.1 Å². The quantitative estimate of drug-likeness (QED) is 0.405. The van der Waals surface area contributed by atoms with Crippen LogP contribution in [0.5, 0.6) is 0 Å². The molecule has 40 heavy (non-hydrogen) atoms. The molecule has 218 valence electrons. The number of benzene rings is 2. The molecule has 5 atom stereocenters. The number of amides is 1. The third-order valence-corrected chi connectivity index (χ3v) is 8.66. The molecule has 5 rings (SSSR count). The predicted octanol–water partition coefficient (Wildman–Crippen LogP) is 6.71. The zero-order chi connectivity index (χ0) is 28.8. The molecular formula is C29H31F7N2O2. The summed E-state index contributed by atoms with van der Waals surface area (Å²) in [6, 6.07) is 6.99. The van der Waals surface area contributed by atoms with E-state index in [9.17, 15) is 35.5 Å². The summed E-state index contributed by atoms with van der Waals surface area (Å²) >= 11 is 0. The van der Waals surface area contributed by atoms with Crippen LogP contribution < -0.4 is 5.32 Å². The molecule has 1 amide bonds. The molecule has 3 heterocycles. The van der Waals surface area contributed by atoms with Crippen LogP contribution >= 0.6 is 0 Å². The van der Waals surface area contributed by atoms with E-state index < -0.39 is 47.4 Å². The van der Waals surface area contributed by atoms with Gasteiger partial charge in [0.15, 0.2) is 0 Å². The van der Waals surface area contributed by atoms with Crippen LogP contribution in [0.4, 0.5) is 30.7 Å². The Morgan fingerprint density at radius 2 is 1.52 bits per heavy atom. The first-order chi connectivity index (χ1) is 18.8. The number of fused-ring (bicyclic) bond motifs is 1. The molecule has 4 nitrogen and oxygen atoms in total. The van der Waals surface area contributed by atoms with Gasteiger partial charge in [-0.15, -0.1) is 0 Å². The summed E-state index contributed by atoms with van der Waals surface area (Å²) in [5.41, 5.74) is -2.37. The Hall–Kier alpha value is -2.66. The largest absolute Gasteiger partial charge is 0.416 e. The Kier molecular flexibility index (Phi) is 7.91. The minimum absolute atomic E-state index is 0.0379. The van der Waals surface area contributed by atoms with Crippen molar-refractivity contribution < 1.29 is 40.3 Å². The van der Waals surface area contributed by atoms with Gasteiger partial charge in [0.2, 0.25) is 5.91 Å². The number of piperidine rings is 2. The second-order valence-corrected chi connectivity index (χ2v) is 11.1. The van der Waals surface area contributed by atoms with E-state index in [4.69, 9.17) is 4.74 Å². The maximum absolute atomic E-state index is 13.8. The minimum Gasteiger partial charge on any atom is -0.368 e. The van der Waals surface area contributed by atoms with Crippen LogP contribution in [-0.4, -0.2) is 42.6 Å². The van der Waals surface area contributed by atoms with Crippen LogP contribution in [0, 0.1) is 17.7 Å². The van der Waals surface area contributed by atoms with Gasteiger partial charge in [-0.25, -0.2) is 4.39 Å². The van der Waals surface area contributed by atoms with Gasteiger partial charge in [-0.05, 0) is 92.6 Å². The number of ether oxygens (including phenoxy) is 1. The average Bonchev–Trinajstić information content (AvgIpc) is 3.26. The van der Waals surface area contributed by atoms with Gasteiger partial charge < -0.3 is 15.0 Å². The van der Waals surface area contributed by atoms with Crippen LogP contribution in [0.25, 0.3) is 0 Å². The first kappa shape index (κ1) is 28.9. The highest BCUT2D eigenvalue weighted by molar-refractivity contribution is 5.78. The summed E-state index contributed by atoms with van der Waals surface area (Å²) < 4.78 is 101. The Balaban J connectivity index is 1.46. The normalized spacial score (nSPS) is 27.1. The topological polar surface area (TPSA) is 41.6 Å². The van der Waals surface area contributed by atoms with Crippen LogP contribution in [0.3, 0.4) is 0 Å². The van der Waals surface area contributed by atoms with Gasteiger partial charge in [0.25, 0.3) is 0 Å². The van der Waals surface area contributed by atoms with E-state index in [2.05, 4.69) is 5.32 Å². The standard InChI is InChI=1S/C29H31F7N2O2/c1-16(19-10-21(28(31,32)33)14-22(11-19)29(34,35)36)40-25-15-38-24(27(25)18-2-4-23(30)5-3-18)12-20(13-26(38)39)17-6-8-37-9-7-17/h2-5,10-11,14,16-17,20,24-25,27,37H,6-9,12-13,15H2,1H3/t16-,20?,24+,25+,27?/m1/s1. The Morgan fingerprint density at radius 1 is 0.925 bits per heavy atom. The molecule has 3 aliphatic heterocycles. The second-order valence-electron chi connectivity index (χ2n) is 11.1. The van der Waals surface area contributed by atoms with E-state index >= 15 is 0 Å². The molecule has 0 radical (unpaired) electrons. The molecule has 3 saturated heterocycles. The summed E-state index contributed by atoms with van der Waals surface area (Å²) in [7, 11) is 0. The maximum atomic E-state index is 13.8. The van der Waals surface area contributed by atoms with E-state index in [1.165, 1.54) is 19.1 Å². The number of alkyl halides is 6. The summed E-state index contributed by atoms with van der Waals surface area (Å²) in [5, 5.41) is 3.33. The smallest absolute Gasteiger partial charge is 0.368 e. The summed E-state index contributed by atoms with van der Waals surface area (Å²) in [4.78, 5) is 15.0. The molecule has 3 fully saturated rings. The minimum atomic E-state index is -4.98. The van der Waals surface area contributed by atoms with E-state index in [0.29, 0.717) is 36.5 Å². The number of rotatable bonds is 5. The Labute approximate surface area is 227 Å². The molecule has 0 aromatic heterocycles. The van der Waals surface area contributed by atoms with Crippen molar-refractivity contribution in [3.8, 4) is 0 Å². The van der Waals surface area contributed by atoms with Gasteiger partial charge in [0, 0.05) is 24.9 Å². The molecule has 2 aromatic carbocycles. The molecule has 11 heteroatoms. The molecule has 1 N–H and O–H groups in total. The van der Waals surface area contributed by atoms with Crippen molar-refractivity contribution in [2.75, 3.05) is 19.6 Å². The summed E-state index contributed by atoms with van der Waals surface area (Å²) in [5.74, 6) is -0.354. The van der Waals surface area contributed by atoms with Crippen LogP contribution in [-0.2, 0) is 21.9 Å². The van der Waals surface area contributed by atoms with Crippen molar-refractivity contribution in [2.24, 2.45) is 11.8 Å². The van der Waals surface area contributed by atoms with Crippen molar-refractivity contribution >= 4 is 5.91 Å². The van der Waals surface area contributed by atoms with Crippen molar-refractivity contribution in [3.63, 3.8) is 0 Å². The number of hydrogen-bond donors (Lipinski definition) is 1. The van der Waals surface area contributed by atoms with Gasteiger partial charge in [-0.2, -0.15) is 26.3 Å². The number of carbonyl (C=O) groups is 1. The fraction of sp³-hybridized carbons (Fsp3) is 0.552. The third-order valence-electron chi connectivity index (χ3n) is 8.66. The number of carbonyl (C=O) groups excluding carboxylic acids is 1. The van der Waals surface area contributed by atoms with Gasteiger partial charge in [-0.3, -0.25) is 4.79 Å². The van der Waals surface area contributed by atoms with Gasteiger partial charge >= 0.3 is 12.4 Å². The van der Waals surface area contributed by atoms with Gasteiger partial charge in [0.1, 0.15) is 5.82 Å². The lowest BCUT2D eigenvalue weighted by molar-refractivity contribution is -0.143. The average molecular weight is 573 g/mol. The maximum Gasteiger partial charge on any atom is 0.416 e. The Morgan fingerprint density at radius 3 is 2.10 bits per heavy atom. The second kappa shape index (κ2) is 11.0. The fourth-order valence-corrected chi connectivity index (χ4v) is 6.66. The van der Waals surface area contributed by atoms with E-state index in [1.54, 1.807) is 17.0 Å². The molecule has 3 aliphatic rings. The van der Waals surface area contributed by atoms with Crippen LogP contribution in [0.1, 0.15) is 66.9 Å². The molecule has 0 aliphatic carbocycles. The van der Waals surface area contributed by atoms with Crippen LogP contribution in [0.2, 0.25) is 0 Å². The van der Waals surface area contributed by atoms with Crippen molar-refractivity contribution in [1.29, 1.82) is 0 Å².